The SMILES string of the molecule is CCOc1cc(/C=C2\SC(=Nc3ccc(C)cc3)NC2=O)cc(I)c1OCc1ccc(C)cc1. The minimum Gasteiger partial charge on any atom is -0.490 e. The molecule has 0 bridgehead atoms. The highest BCUT2D eigenvalue weighted by atomic mass is 127. The second-order valence-corrected chi connectivity index (χ2v) is 10.0. The van der Waals surface area contributed by atoms with Gasteiger partial charge in [-0.25, -0.2) is 4.99 Å². The van der Waals surface area contributed by atoms with E-state index in [0.717, 1.165) is 20.4 Å². The summed E-state index contributed by atoms with van der Waals surface area (Å²) >= 11 is 3.57. The molecule has 0 aromatic heterocycles. The maximum atomic E-state index is 12.5. The van der Waals surface area contributed by atoms with E-state index in [4.69, 9.17) is 9.47 Å². The van der Waals surface area contributed by atoms with Crippen molar-refractivity contribution in [2.75, 3.05) is 6.61 Å². The fourth-order valence-corrected chi connectivity index (χ4v) is 4.91. The summed E-state index contributed by atoms with van der Waals surface area (Å²) in [6.45, 7) is 7.00. The summed E-state index contributed by atoms with van der Waals surface area (Å²) in [6.07, 6.45) is 1.85. The summed E-state index contributed by atoms with van der Waals surface area (Å²) in [7, 11) is 0. The number of amides is 1. The molecule has 1 aliphatic rings. The van der Waals surface area contributed by atoms with Crippen LogP contribution in [0.25, 0.3) is 6.08 Å². The van der Waals surface area contributed by atoms with Crippen molar-refractivity contribution in [2.45, 2.75) is 27.4 Å². The van der Waals surface area contributed by atoms with E-state index in [1.54, 1.807) is 0 Å². The molecule has 1 N–H and O–H groups in total. The standard InChI is InChI=1S/C27H25IN2O3S/c1-4-32-23-14-20(13-22(28)25(23)33-16-19-9-5-17(2)6-10-19)15-24-26(31)30-27(34-24)29-21-11-7-18(3)8-12-21/h5-15H,4,16H2,1-3H3,(H,29,30,31)/b24-15-. The van der Waals surface area contributed by atoms with Crippen molar-refractivity contribution < 1.29 is 14.3 Å². The minimum absolute atomic E-state index is 0.163. The normalized spacial score (nSPS) is 15.6. The van der Waals surface area contributed by atoms with Crippen molar-refractivity contribution in [2.24, 2.45) is 4.99 Å². The van der Waals surface area contributed by atoms with Gasteiger partial charge in [0.25, 0.3) is 5.91 Å². The Balaban J connectivity index is 1.54. The third-order valence-corrected chi connectivity index (χ3v) is 6.76. The third kappa shape index (κ3) is 6.21. The molecule has 5 nitrogen and oxygen atoms in total. The Morgan fingerprint density at radius 3 is 2.35 bits per heavy atom. The summed E-state index contributed by atoms with van der Waals surface area (Å²) in [5, 5.41) is 3.41. The van der Waals surface area contributed by atoms with E-state index in [-0.39, 0.29) is 5.91 Å². The number of rotatable bonds is 7. The molecule has 0 unspecified atom stereocenters. The molecule has 0 spiro atoms. The monoisotopic (exact) mass is 584 g/mol. The highest BCUT2D eigenvalue weighted by Gasteiger charge is 2.24. The van der Waals surface area contributed by atoms with Gasteiger partial charge in [-0.3, -0.25) is 4.79 Å². The van der Waals surface area contributed by atoms with Crippen LogP contribution in [0, 0.1) is 17.4 Å². The van der Waals surface area contributed by atoms with Crippen LogP contribution in [0.4, 0.5) is 5.69 Å². The van der Waals surface area contributed by atoms with Crippen LogP contribution < -0.4 is 14.8 Å². The van der Waals surface area contributed by atoms with E-state index in [9.17, 15) is 4.79 Å². The Hall–Kier alpha value is -2.78. The summed E-state index contributed by atoms with van der Waals surface area (Å²) in [4.78, 5) is 17.7. The molecule has 1 aliphatic heterocycles. The van der Waals surface area contributed by atoms with Gasteiger partial charge in [-0.05, 0) is 96.6 Å². The van der Waals surface area contributed by atoms with Gasteiger partial charge in [-0.15, -0.1) is 0 Å². The summed E-state index contributed by atoms with van der Waals surface area (Å²) in [5.74, 6) is 1.20. The van der Waals surface area contributed by atoms with Crippen LogP contribution in [0.1, 0.15) is 29.2 Å². The number of amidine groups is 1. The summed E-state index contributed by atoms with van der Waals surface area (Å²) < 4.78 is 12.9. The second kappa shape index (κ2) is 11.1. The Morgan fingerprint density at radius 2 is 1.68 bits per heavy atom. The fourth-order valence-electron chi connectivity index (χ4n) is 3.28. The largest absolute Gasteiger partial charge is 0.490 e. The number of nitrogens with one attached hydrogen (secondary N) is 1. The van der Waals surface area contributed by atoms with Gasteiger partial charge in [0.05, 0.1) is 20.8 Å². The number of carbonyl (C=O) groups excluding carboxylic acids is 1. The number of aryl methyl sites for hydroxylation is 2. The molecule has 1 saturated heterocycles. The molecule has 3 aromatic carbocycles. The van der Waals surface area contributed by atoms with Crippen molar-refractivity contribution >= 4 is 57.2 Å². The maximum Gasteiger partial charge on any atom is 0.264 e. The Kier molecular flexibility index (Phi) is 7.95. The van der Waals surface area contributed by atoms with Crippen LogP contribution in [0.15, 0.2) is 70.6 Å². The molecule has 34 heavy (non-hydrogen) atoms. The summed E-state index contributed by atoms with van der Waals surface area (Å²) in [5.41, 5.74) is 5.14. The highest BCUT2D eigenvalue weighted by Crippen LogP contribution is 2.37. The van der Waals surface area contributed by atoms with Gasteiger partial charge in [0, 0.05) is 0 Å². The molecule has 4 rings (SSSR count). The van der Waals surface area contributed by atoms with Crippen LogP contribution in [-0.2, 0) is 11.4 Å². The number of aliphatic imine (C=N–C) groups is 1. The summed E-state index contributed by atoms with van der Waals surface area (Å²) in [6, 6.07) is 20.0. The first-order chi connectivity index (χ1) is 16.4. The molecule has 1 heterocycles. The number of nitrogens with zero attached hydrogens (tertiary/aromatic N) is 1. The number of thioether (sulfide) groups is 1. The molecule has 3 aromatic rings. The highest BCUT2D eigenvalue weighted by molar-refractivity contribution is 14.1. The third-order valence-electron chi connectivity index (χ3n) is 5.05. The average molecular weight is 584 g/mol. The predicted molar refractivity (Wildman–Crippen MR) is 148 cm³/mol. The van der Waals surface area contributed by atoms with Gasteiger partial charge in [-0.2, -0.15) is 0 Å². The molecular formula is C27H25IN2O3S. The van der Waals surface area contributed by atoms with Gasteiger partial charge in [0.15, 0.2) is 16.7 Å². The molecule has 0 saturated carbocycles. The maximum absolute atomic E-state index is 12.5. The minimum atomic E-state index is -0.163. The van der Waals surface area contributed by atoms with E-state index in [1.165, 1.54) is 22.9 Å². The quantitative estimate of drug-likeness (QED) is 0.246. The Morgan fingerprint density at radius 1 is 1.00 bits per heavy atom. The zero-order valence-electron chi connectivity index (χ0n) is 19.2. The number of ether oxygens (including phenoxy) is 2. The van der Waals surface area contributed by atoms with Crippen molar-refractivity contribution in [1.29, 1.82) is 0 Å². The van der Waals surface area contributed by atoms with Crippen molar-refractivity contribution in [3.05, 3.63) is 91.4 Å². The average Bonchev–Trinajstić information content (AvgIpc) is 3.14. The van der Waals surface area contributed by atoms with Gasteiger partial charge in [0.1, 0.15) is 6.61 Å². The second-order valence-electron chi connectivity index (χ2n) is 7.85. The van der Waals surface area contributed by atoms with Crippen LogP contribution in [0.3, 0.4) is 0 Å². The van der Waals surface area contributed by atoms with Gasteiger partial charge >= 0.3 is 0 Å². The first kappa shape index (κ1) is 24.3. The number of benzene rings is 3. The molecule has 174 valence electrons. The molecule has 0 aliphatic carbocycles. The van der Waals surface area contributed by atoms with E-state index >= 15 is 0 Å². The van der Waals surface area contributed by atoms with E-state index in [2.05, 4.69) is 64.1 Å². The van der Waals surface area contributed by atoms with E-state index < -0.39 is 0 Å². The zero-order chi connectivity index (χ0) is 24.1. The Labute approximate surface area is 217 Å². The van der Waals surface area contributed by atoms with Crippen molar-refractivity contribution in [3.63, 3.8) is 0 Å². The van der Waals surface area contributed by atoms with Crippen molar-refractivity contribution in [1.82, 2.24) is 5.32 Å². The lowest BCUT2D eigenvalue weighted by Gasteiger charge is -2.15. The molecule has 1 fully saturated rings. The number of hydrogen-bond acceptors (Lipinski definition) is 5. The number of halogens is 1. The lowest BCUT2D eigenvalue weighted by Crippen LogP contribution is -2.19. The number of carbonyl (C=O) groups is 1. The lowest BCUT2D eigenvalue weighted by molar-refractivity contribution is -0.115. The van der Waals surface area contributed by atoms with Crippen molar-refractivity contribution in [3.8, 4) is 11.5 Å². The van der Waals surface area contributed by atoms with E-state index in [0.29, 0.717) is 34.8 Å². The number of hydrogen-bond donors (Lipinski definition) is 1. The molecule has 1 amide bonds. The van der Waals surface area contributed by atoms with Gasteiger partial charge < -0.3 is 14.8 Å². The topological polar surface area (TPSA) is 59.9 Å². The molecule has 0 atom stereocenters. The fraction of sp³-hybridized carbons (Fsp3) is 0.185. The zero-order valence-corrected chi connectivity index (χ0v) is 22.2. The Bertz CT molecular complexity index is 1250. The molecule has 7 heteroatoms. The molecular weight excluding hydrogens is 559 g/mol. The van der Waals surface area contributed by atoms with Gasteiger partial charge in [-0.1, -0.05) is 47.5 Å². The van der Waals surface area contributed by atoms with Crippen LogP contribution in [-0.4, -0.2) is 17.7 Å². The molecule has 0 radical (unpaired) electrons. The van der Waals surface area contributed by atoms with Crippen LogP contribution in [0.5, 0.6) is 11.5 Å². The first-order valence-corrected chi connectivity index (χ1v) is 12.8. The van der Waals surface area contributed by atoms with Crippen LogP contribution in [0.2, 0.25) is 0 Å². The smallest absolute Gasteiger partial charge is 0.264 e. The van der Waals surface area contributed by atoms with Gasteiger partial charge in [0.2, 0.25) is 0 Å². The van der Waals surface area contributed by atoms with E-state index in [1.807, 2.05) is 56.3 Å². The van der Waals surface area contributed by atoms with Crippen LogP contribution >= 0.6 is 34.4 Å². The predicted octanol–water partition coefficient (Wildman–Crippen LogP) is 6.78. The first-order valence-electron chi connectivity index (χ1n) is 10.9. The lowest BCUT2D eigenvalue weighted by atomic mass is 10.1.